The average Bonchev–Trinajstić information content (AvgIpc) is 2.67. The Balaban J connectivity index is 1.34. The second-order valence-electron chi connectivity index (χ2n) is 6.22. The molecule has 1 atom stereocenters. The molecule has 2 aromatic rings. The maximum absolute atomic E-state index is 12.8. The number of rotatable bonds is 7. The van der Waals surface area contributed by atoms with Crippen molar-refractivity contribution in [1.29, 1.82) is 0 Å². The Kier molecular flexibility index (Phi) is 6.19. The number of nitrogens with zero attached hydrogens (tertiary/aromatic N) is 3. The van der Waals surface area contributed by atoms with E-state index in [9.17, 15) is 9.50 Å². The maximum Gasteiger partial charge on any atom is 0.128 e. The Morgan fingerprint density at radius 3 is 2.52 bits per heavy atom. The molecule has 5 nitrogen and oxygen atoms in total. The summed E-state index contributed by atoms with van der Waals surface area (Å²) < 4.78 is 18.3. The van der Waals surface area contributed by atoms with E-state index in [1.165, 1.54) is 12.1 Å². The number of aliphatic hydroxyl groups is 1. The molecule has 25 heavy (non-hydrogen) atoms. The minimum Gasteiger partial charge on any atom is -0.491 e. The summed E-state index contributed by atoms with van der Waals surface area (Å²) in [5, 5.41) is 10.1. The Morgan fingerprint density at radius 1 is 1.08 bits per heavy atom. The second-order valence-corrected chi connectivity index (χ2v) is 6.22. The molecule has 1 aromatic heterocycles. The highest BCUT2D eigenvalue weighted by Crippen LogP contribution is 2.14. The first-order valence-corrected chi connectivity index (χ1v) is 8.65. The van der Waals surface area contributed by atoms with E-state index in [1.54, 1.807) is 12.1 Å². The number of hydrogen-bond acceptors (Lipinski definition) is 5. The highest BCUT2D eigenvalue weighted by molar-refractivity contribution is 5.38. The van der Waals surface area contributed by atoms with Crippen LogP contribution < -0.4 is 9.64 Å². The summed E-state index contributed by atoms with van der Waals surface area (Å²) in [4.78, 5) is 9.02. The molecule has 1 saturated heterocycles. The van der Waals surface area contributed by atoms with Crippen LogP contribution in [-0.4, -0.2) is 60.4 Å². The van der Waals surface area contributed by atoms with Gasteiger partial charge in [-0.3, -0.25) is 4.90 Å². The van der Waals surface area contributed by atoms with E-state index in [4.69, 9.17) is 4.74 Å². The SMILES string of the molecule is OC(CCN1CCN(c2ccccn2)CC1)COc1ccc(F)cc1. The van der Waals surface area contributed by atoms with Crippen molar-refractivity contribution >= 4 is 5.82 Å². The number of aromatic nitrogens is 1. The molecule has 0 amide bonds. The fourth-order valence-corrected chi connectivity index (χ4v) is 2.88. The van der Waals surface area contributed by atoms with Crippen molar-refractivity contribution in [3.63, 3.8) is 0 Å². The topological polar surface area (TPSA) is 48.8 Å². The normalized spacial score (nSPS) is 16.6. The number of hydrogen-bond donors (Lipinski definition) is 1. The molecule has 1 aromatic carbocycles. The van der Waals surface area contributed by atoms with E-state index in [0.29, 0.717) is 12.2 Å². The molecule has 1 aliphatic heterocycles. The quantitative estimate of drug-likeness (QED) is 0.833. The van der Waals surface area contributed by atoms with E-state index < -0.39 is 6.10 Å². The van der Waals surface area contributed by atoms with Crippen LogP contribution in [0.15, 0.2) is 48.7 Å². The van der Waals surface area contributed by atoms with Gasteiger partial charge in [0.15, 0.2) is 0 Å². The monoisotopic (exact) mass is 345 g/mol. The van der Waals surface area contributed by atoms with Gasteiger partial charge in [-0.15, -0.1) is 0 Å². The minimum atomic E-state index is -0.529. The largest absolute Gasteiger partial charge is 0.491 e. The van der Waals surface area contributed by atoms with Gasteiger partial charge in [0.2, 0.25) is 0 Å². The summed E-state index contributed by atoms with van der Waals surface area (Å²) in [6, 6.07) is 11.8. The molecule has 0 bridgehead atoms. The van der Waals surface area contributed by atoms with Crippen LogP contribution >= 0.6 is 0 Å². The maximum atomic E-state index is 12.8. The van der Waals surface area contributed by atoms with E-state index >= 15 is 0 Å². The number of aliphatic hydroxyl groups excluding tert-OH is 1. The lowest BCUT2D eigenvalue weighted by Crippen LogP contribution is -2.47. The predicted molar refractivity (Wildman–Crippen MR) is 95.4 cm³/mol. The molecular formula is C19H24FN3O2. The first-order valence-electron chi connectivity index (χ1n) is 8.65. The summed E-state index contributed by atoms with van der Waals surface area (Å²) >= 11 is 0. The van der Waals surface area contributed by atoms with Crippen LogP contribution in [0.2, 0.25) is 0 Å². The van der Waals surface area contributed by atoms with Gasteiger partial charge < -0.3 is 14.7 Å². The number of anilines is 1. The summed E-state index contributed by atoms with van der Waals surface area (Å²) in [5.74, 6) is 1.30. The number of piperazine rings is 1. The van der Waals surface area contributed by atoms with Crippen LogP contribution in [0.4, 0.5) is 10.2 Å². The third-order valence-electron chi connectivity index (χ3n) is 4.38. The molecular weight excluding hydrogens is 321 g/mol. The molecule has 1 aliphatic rings. The third kappa shape index (κ3) is 5.41. The van der Waals surface area contributed by atoms with E-state index in [2.05, 4.69) is 14.8 Å². The summed E-state index contributed by atoms with van der Waals surface area (Å²) in [5.41, 5.74) is 0. The van der Waals surface area contributed by atoms with Gasteiger partial charge in [0.05, 0.1) is 6.10 Å². The first kappa shape index (κ1) is 17.6. The van der Waals surface area contributed by atoms with Gasteiger partial charge in [-0.25, -0.2) is 9.37 Å². The fourth-order valence-electron chi connectivity index (χ4n) is 2.88. The molecule has 134 valence electrons. The zero-order chi connectivity index (χ0) is 17.5. The van der Waals surface area contributed by atoms with Crippen molar-refractivity contribution in [1.82, 2.24) is 9.88 Å². The predicted octanol–water partition coefficient (Wildman–Crippen LogP) is 2.17. The molecule has 1 fully saturated rings. The lowest BCUT2D eigenvalue weighted by atomic mass is 10.2. The average molecular weight is 345 g/mol. The summed E-state index contributed by atoms with van der Waals surface area (Å²) in [7, 11) is 0. The Morgan fingerprint density at radius 2 is 1.84 bits per heavy atom. The highest BCUT2D eigenvalue weighted by atomic mass is 19.1. The molecule has 0 aliphatic carbocycles. The lowest BCUT2D eigenvalue weighted by molar-refractivity contribution is 0.0866. The molecule has 6 heteroatoms. The van der Waals surface area contributed by atoms with E-state index in [-0.39, 0.29) is 12.4 Å². The molecule has 2 heterocycles. The van der Waals surface area contributed by atoms with Gasteiger partial charge in [0, 0.05) is 38.9 Å². The smallest absolute Gasteiger partial charge is 0.128 e. The summed E-state index contributed by atoms with van der Waals surface area (Å²) in [6.07, 6.45) is 1.95. The third-order valence-corrected chi connectivity index (χ3v) is 4.38. The molecule has 0 saturated carbocycles. The number of ether oxygens (including phenoxy) is 1. The van der Waals surface area contributed by atoms with Crippen LogP contribution in [0, 0.1) is 5.82 Å². The van der Waals surface area contributed by atoms with Crippen LogP contribution in [0.5, 0.6) is 5.75 Å². The highest BCUT2D eigenvalue weighted by Gasteiger charge is 2.18. The lowest BCUT2D eigenvalue weighted by Gasteiger charge is -2.35. The molecule has 3 rings (SSSR count). The Labute approximate surface area is 147 Å². The van der Waals surface area contributed by atoms with Crippen LogP contribution in [0.1, 0.15) is 6.42 Å². The number of benzene rings is 1. The number of halogens is 1. The van der Waals surface area contributed by atoms with Crippen molar-refractivity contribution < 1.29 is 14.2 Å². The fraction of sp³-hybridized carbons (Fsp3) is 0.421. The molecule has 0 radical (unpaired) electrons. The zero-order valence-corrected chi connectivity index (χ0v) is 14.2. The van der Waals surface area contributed by atoms with Gasteiger partial charge in [-0.1, -0.05) is 6.07 Å². The molecule has 1 unspecified atom stereocenters. The van der Waals surface area contributed by atoms with Crippen molar-refractivity contribution in [3.8, 4) is 5.75 Å². The van der Waals surface area contributed by atoms with Crippen LogP contribution in [-0.2, 0) is 0 Å². The van der Waals surface area contributed by atoms with E-state index in [1.807, 2.05) is 24.4 Å². The van der Waals surface area contributed by atoms with Gasteiger partial charge in [0.1, 0.15) is 24.0 Å². The van der Waals surface area contributed by atoms with Crippen molar-refractivity contribution in [2.75, 3.05) is 44.2 Å². The standard InChI is InChI=1S/C19H24FN3O2/c20-16-4-6-18(7-5-16)25-15-17(24)8-10-22-11-13-23(14-12-22)19-3-1-2-9-21-19/h1-7,9,17,24H,8,10-15H2. The Bertz CT molecular complexity index is 631. The van der Waals surface area contributed by atoms with Crippen molar-refractivity contribution in [2.45, 2.75) is 12.5 Å². The van der Waals surface area contributed by atoms with Crippen LogP contribution in [0.25, 0.3) is 0 Å². The molecule has 1 N–H and O–H groups in total. The second kappa shape index (κ2) is 8.78. The van der Waals surface area contributed by atoms with Crippen molar-refractivity contribution in [3.05, 3.63) is 54.5 Å². The minimum absolute atomic E-state index is 0.222. The first-order chi connectivity index (χ1) is 12.2. The van der Waals surface area contributed by atoms with Gasteiger partial charge in [-0.2, -0.15) is 0 Å². The molecule has 0 spiro atoms. The van der Waals surface area contributed by atoms with Crippen LogP contribution in [0.3, 0.4) is 0 Å². The van der Waals surface area contributed by atoms with Crippen molar-refractivity contribution in [2.24, 2.45) is 0 Å². The Hall–Kier alpha value is -2.18. The number of pyridine rings is 1. The van der Waals surface area contributed by atoms with Gasteiger partial charge in [-0.05, 0) is 42.8 Å². The van der Waals surface area contributed by atoms with Gasteiger partial charge >= 0.3 is 0 Å². The van der Waals surface area contributed by atoms with E-state index in [0.717, 1.165) is 38.5 Å². The summed E-state index contributed by atoms with van der Waals surface area (Å²) in [6.45, 7) is 4.87. The van der Waals surface area contributed by atoms with Gasteiger partial charge in [0.25, 0.3) is 0 Å². The zero-order valence-electron chi connectivity index (χ0n) is 14.2.